The van der Waals surface area contributed by atoms with Crippen LogP contribution in [0.2, 0.25) is 0 Å². The van der Waals surface area contributed by atoms with Crippen LogP contribution in [-0.2, 0) is 11.3 Å². The summed E-state index contributed by atoms with van der Waals surface area (Å²) >= 11 is 1.59. The van der Waals surface area contributed by atoms with Crippen LogP contribution < -0.4 is 0 Å². The van der Waals surface area contributed by atoms with Crippen molar-refractivity contribution in [3.05, 3.63) is 82.0 Å². The second-order valence-corrected chi connectivity index (χ2v) is 8.69. The molecule has 0 spiro atoms. The number of ketones is 1. The van der Waals surface area contributed by atoms with Crippen LogP contribution in [0.5, 0.6) is 0 Å². The number of carbonyl (C=O) groups is 2. The Morgan fingerprint density at radius 1 is 1.06 bits per heavy atom. The lowest BCUT2D eigenvalue weighted by Crippen LogP contribution is -2.51. The second kappa shape index (κ2) is 8.97. The van der Waals surface area contributed by atoms with Gasteiger partial charge in [-0.1, -0.05) is 47.6 Å². The minimum Gasteiger partial charge on any atom is -0.450 e. The number of carbonyl (C=O) groups excluding carboxylic acids is 1. The second-order valence-electron chi connectivity index (χ2n) is 7.70. The number of likely N-dealkylation sites (tertiary alicyclic amines) is 1. The molecule has 4 aromatic rings. The van der Waals surface area contributed by atoms with Gasteiger partial charge in [-0.25, -0.2) is 4.79 Å². The summed E-state index contributed by atoms with van der Waals surface area (Å²) in [6, 6.07) is 18.2. The smallest absolute Gasteiger partial charge is 0.450 e. The monoisotopic (exact) mass is 461 g/mol. The molecule has 1 fully saturated rings. The molecule has 0 aliphatic carbocycles. The standard InChI is InChI=1S/C24H19N3O5S/c28-21(15-4-2-1-3-5-15)16-6-8-17(9-7-16)23-25-22(26-32-23)18-10-20(33-14-18)13-27-11-19(12-27)31-24(29)30/h1-10,14,19H,11-13H2,(H,29,30). The number of hydrogen-bond donors (Lipinski definition) is 1. The molecule has 0 amide bonds. The fourth-order valence-electron chi connectivity index (χ4n) is 3.65. The molecule has 1 aliphatic rings. The highest BCUT2D eigenvalue weighted by Gasteiger charge is 2.30. The Hall–Kier alpha value is -3.82. The maximum absolute atomic E-state index is 12.6. The zero-order valence-corrected chi connectivity index (χ0v) is 18.2. The molecule has 3 heterocycles. The van der Waals surface area contributed by atoms with E-state index in [1.54, 1.807) is 47.7 Å². The Bertz CT molecular complexity index is 1280. The van der Waals surface area contributed by atoms with Crippen LogP contribution in [0, 0.1) is 0 Å². The van der Waals surface area contributed by atoms with Gasteiger partial charge in [-0.15, -0.1) is 11.3 Å². The lowest BCUT2D eigenvalue weighted by atomic mass is 10.0. The molecular formula is C24H19N3O5S. The highest BCUT2D eigenvalue weighted by Crippen LogP contribution is 2.28. The van der Waals surface area contributed by atoms with E-state index in [9.17, 15) is 9.59 Å². The molecule has 0 bridgehead atoms. The SMILES string of the molecule is O=C(O)OC1CN(Cc2cc(-c3noc(-c4ccc(C(=O)c5ccccc5)cc4)n3)cs2)C1. The molecule has 1 N–H and O–H groups in total. The first-order valence-corrected chi connectivity index (χ1v) is 11.2. The summed E-state index contributed by atoms with van der Waals surface area (Å²) in [4.78, 5) is 30.9. The average molecular weight is 461 g/mol. The van der Waals surface area contributed by atoms with Gasteiger partial charge < -0.3 is 14.4 Å². The van der Waals surface area contributed by atoms with Crippen LogP contribution >= 0.6 is 11.3 Å². The molecule has 2 aromatic heterocycles. The first-order chi connectivity index (χ1) is 16.0. The third-order valence-corrected chi connectivity index (χ3v) is 6.26. The van der Waals surface area contributed by atoms with Crippen LogP contribution in [-0.4, -0.2) is 51.3 Å². The van der Waals surface area contributed by atoms with Crippen LogP contribution in [0.3, 0.4) is 0 Å². The Morgan fingerprint density at radius 3 is 2.52 bits per heavy atom. The largest absolute Gasteiger partial charge is 0.506 e. The van der Waals surface area contributed by atoms with Crippen LogP contribution in [0.25, 0.3) is 22.8 Å². The van der Waals surface area contributed by atoms with Crippen molar-refractivity contribution in [2.24, 2.45) is 0 Å². The zero-order valence-electron chi connectivity index (χ0n) is 17.4. The van der Waals surface area contributed by atoms with Gasteiger partial charge in [0, 0.05) is 52.1 Å². The third-order valence-electron chi connectivity index (χ3n) is 5.34. The van der Waals surface area contributed by atoms with Crippen molar-refractivity contribution in [3.8, 4) is 22.8 Å². The average Bonchev–Trinajstić information content (AvgIpc) is 3.47. The van der Waals surface area contributed by atoms with E-state index in [-0.39, 0.29) is 11.9 Å². The molecular weight excluding hydrogens is 442 g/mol. The summed E-state index contributed by atoms with van der Waals surface area (Å²) < 4.78 is 10.2. The Kier molecular flexibility index (Phi) is 5.72. The predicted molar refractivity (Wildman–Crippen MR) is 121 cm³/mol. The van der Waals surface area contributed by atoms with E-state index in [4.69, 9.17) is 14.4 Å². The topological polar surface area (TPSA) is 106 Å². The van der Waals surface area contributed by atoms with Crippen molar-refractivity contribution in [3.63, 3.8) is 0 Å². The third kappa shape index (κ3) is 4.69. The number of thiophene rings is 1. The Labute approximate surface area is 193 Å². The molecule has 0 atom stereocenters. The van der Waals surface area contributed by atoms with Gasteiger partial charge in [0.15, 0.2) is 5.78 Å². The lowest BCUT2D eigenvalue weighted by Gasteiger charge is -2.37. The van der Waals surface area contributed by atoms with E-state index in [1.165, 1.54) is 0 Å². The van der Waals surface area contributed by atoms with Gasteiger partial charge >= 0.3 is 6.16 Å². The molecule has 166 valence electrons. The number of carboxylic acid groups (broad SMARTS) is 1. The first-order valence-electron chi connectivity index (χ1n) is 10.3. The summed E-state index contributed by atoms with van der Waals surface area (Å²) in [5, 5.41) is 14.7. The maximum atomic E-state index is 12.6. The maximum Gasteiger partial charge on any atom is 0.506 e. The predicted octanol–water partition coefficient (Wildman–Crippen LogP) is 4.57. The number of nitrogens with zero attached hydrogens (tertiary/aromatic N) is 3. The molecule has 9 heteroatoms. The highest BCUT2D eigenvalue weighted by molar-refractivity contribution is 7.10. The number of ether oxygens (including phenoxy) is 1. The fourth-order valence-corrected chi connectivity index (χ4v) is 4.55. The normalized spacial score (nSPS) is 14.1. The van der Waals surface area contributed by atoms with Gasteiger partial charge in [-0.3, -0.25) is 9.69 Å². The van der Waals surface area contributed by atoms with Gasteiger partial charge in [0.05, 0.1) is 0 Å². The molecule has 0 saturated carbocycles. The van der Waals surface area contributed by atoms with Crippen LogP contribution in [0.4, 0.5) is 4.79 Å². The van der Waals surface area contributed by atoms with E-state index in [2.05, 4.69) is 15.0 Å². The summed E-state index contributed by atoms with van der Waals surface area (Å²) in [6.07, 6.45) is -1.49. The molecule has 0 unspecified atom stereocenters. The van der Waals surface area contributed by atoms with Gasteiger partial charge in [0.2, 0.25) is 5.82 Å². The number of benzene rings is 2. The molecule has 1 aliphatic heterocycles. The van der Waals surface area contributed by atoms with Crippen molar-refractivity contribution in [2.75, 3.05) is 13.1 Å². The number of aromatic nitrogens is 2. The van der Waals surface area contributed by atoms with E-state index in [1.807, 2.05) is 29.6 Å². The van der Waals surface area contributed by atoms with Gasteiger partial charge in [-0.2, -0.15) is 4.98 Å². The first kappa shape index (κ1) is 21.0. The summed E-state index contributed by atoms with van der Waals surface area (Å²) in [5.41, 5.74) is 2.83. The molecule has 33 heavy (non-hydrogen) atoms. The zero-order chi connectivity index (χ0) is 22.8. The van der Waals surface area contributed by atoms with Gasteiger partial charge in [0.25, 0.3) is 5.89 Å². The Balaban J connectivity index is 1.23. The van der Waals surface area contributed by atoms with E-state index in [0.29, 0.717) is 42.5 Å². The quantitative estimate of drug-likeness (QED) is 0.315. The lowest BCUT2D eigenvalue weighted by molar-refractivity contribution is -0.0359. The molecule has 1 saturated heterocycles. The fraction of sp³-hybridized carbons (Fsp3) is 0.167. The van der Waals surface area contributed by atoms with Gasteiger partial charge in [0.1, 0.15) is 6.10 Å². The summed E-state index contributed by atoms with van der Waals surface area (Å²) in [7, 11) is 0. The van der Waals surface area contributed by atoms with Crippen molar-refractivity contribution in [2.45, 2.75) is 12.6 Å². The molecule has 2 aromatic carbocycles. The molecule has 5 rings (SSSR count). The van der Waals surface area contributed by atoms with Crippen molar-refractivity contribution in [1.82, 2.24) is 15.0 Å². The van der Waals surface area contributed by atoms with Crippen molar-refractivity contribution in [1.29, 1.82) is 0 Å². The summed E-state index contributed by atoms with van der Waals surface area (Å²) in [6.45, 7) is 1.90. The van der Waals surface area contributed by atoms with Crippen molar-refractivity contribution >= 4 is 23.3 Å². The van der Waals surface area contributed by atoms with E-state index < -0.39 is 6.16 Å². The number of hydrogen-bond acceptors (Lipinski definition) is 8. The Morgan fingerprint density at radius 2 is 1.79 bits per heavy atom. The van der Waals surface area contributed by atoms with E-state index in [0.717, 1.165) is 16.0 Å². The van der Waals surface area contributed by atoms with Crippen LogP contribution in [0.15, 0.2) is 70.6 Å². The molecule has 0 radical (unpaired) electrons. The highest BCUT2D eigenvalue weighted by atomic mass is 32.1. The number of rotatable bonds is 7. The molecule has 8 nitrogen and oxygen atoms in total. The summed E-state index contributed by atoms with van der Waals surface area (Å²) in [5.74, 6) is 0.836. The minimum atomic E-state index is -1.23. The minimum absolute atomic E-state index is 0.0396. The van der Waals surface area contributed by atoms with Crippen molar-refractivity contribution < 1.29 is 24.0 Å². The van der Waals surface area contributed by atoms with Crippen LogP contribution in [0.1, 0.15) is 20.8 Å². The van der Waals surface area contributed by atoms with E-state index >= 15 is 0 Å². The van der Waals surface area contributed by atoms with Gasteiger partial charge in [-0.05, 0) is 18.2 Å².